The van der Waals surface area contributed by atoms with Gasteiger partial charge in [-0.2, -0.15) is 0 Å². The molecule has 0 aromatic carbocycles. The number of ether oxygens (including phenoxy) is 1. The van der Waals surface area contributed by atoms with Gasteiger partial charge >= 0.3 is 0 Å². The number of nitrogens with one attached hydrogen (secondary N) is 1. The van der Waals surface area contributed by atoms with Crippen molar-refractivity contribution < 1.29 is 4.74 Å². The third kappa shape index (κ3) is 7.83. The standard InChI is InChI=1S/C11H21NO/c1-4-6-7-8-11(12-3)10-13-9-5-2/h11-12H,5,7-10H2,1-3H3. The van der Waals surface area contributed by atoms with E-state index in [-0.39, 0.29) is 0 Å². The average molecular weight is 183 g/mol. The molecule has 0 aliphatic rings. The monoisotopic (exact) mass is 183 g/mol. The molecule has 1 unspecified atom stereocenters. The van der Waals surface area contributed by atoms with Crippen LogP contribution in [-0.4, -0.2) is 26.3 Å². The zero-order valence-corrected chi connectivity index (χ0v) is 9.02. The SMILES string of the molecule is CC#CCCC(COCCC)NC. The Morgan fingerprint density at radius 2 is 2.23 bits per heavy atom. The molecule has 0 heterocycles. The quantitative estimate of drug-likeness (QED) is 0.480. The summed E-state index contributed by atoms with van der Waals surface area (Å²) in [5.41, 5.74) is 0. The Bertz CT molecular complexity index is 157. The molecule has 0 rings (SSSR count). The van der Waals surface area contributed by atoms with Crippen molar-refractivity contribution in [1.29, 1.82) is 0 Å². The molecule has 0 saturated carbocycles. The summed E-state index contributed by atoms with van der Waals surface area (Å²) in [4.78, 5) is 0. The Kier molecular flexibility index (Phi) is 9.18. The Morgan fingerprint density at radius 1 is 1.46 bits per heavy atom. The lowest BCUT2D eigenvalue weighted by Crippen LogP contribution is -2.30. The van der Waals surface area contributed by atoms with Gasteiger partial charge in [0.25, 0.3) is 0 Å². The molecule has 0 aliphatic heterocycles. The Balaban J connectivity index is 3.43. The second-order valence-electron chi connectivity index (χ2n) is 3.03. The lowest BCUT2D eigenvalue weighted by Gasteiger charge is -2.14. The molecule has 0 spiro atoms. The van der Waals surface area contributed by atoms with Gasteiger partial charge in [0, 0.05) is 19.1 Å². The summed E-state index contributed by atoms with van der Waals surface area (Å²) in [6.45, 7) is 5.66. The minimum Gasteiger partial charge on any atom is -0.380 e. The molecule has 2 heteroatoms. The van der Waals surface area contributed by atoms with Crippen molar-refractivity contribution in [3.8, 4) is 11.8 Å². The van der Waals surface area contributed by atoms with Crippen molar-refractivity contribution >= 4 is 0 Å². The van der Waals surface area contributed by atoms with Gasteiger partial charge in [0.1, 0.15) is 0 Å². The zero-order valence-electron chi connectivity index (χ0n) is 9.02. The highest BCUT2D eigenvalue weighted by Gasteiger charge is 2.03. The Hall–Kier alpha value is -0.520. The maximum absolute atomic E-state index is 5.46. The molecular weight excluding hydrogens is 162 g/mol. The molecule has 1 N–H and O–H groups in total. The molecule has 76 valence electrons. The molecule has 0 bridgehead atoms. The van der Waals surface area contributed by atoms with E-state index in [0.29, 0.717) is 6.04 Å². The molecule has 0 radical (unpaired) electrons. The van der Waals surface area contributed by atoms with Gasteiger partial charge in [0.2, 0.25) is 0 Å². The number of rotatable bonds is 7. The molecule has 0 aromatic rings. The second kappa shape index (κ2) is 9.57. The van der Waals surface area contributed by atoms with E-state index in [9.17, 15) is 0 Å². The minimum absolute atomic E-state index is 0.451. The molecular formula is C11H21NO. The van der Waals surface area contributed by atoms with E-state index >= 15 is 0 Å². The van der Waals surface area contributed by atoms with Crippen LogP contribution < -0.4 is 5.32 Å². The van der Waals surface area contributed by atoms with Gasteiger partial charge in [-0.05, 0) is 26.8 Å². The molecule has 0 aliphatic carbocycles. The highest BCUT2D eigenvalue weighted by Crippen LogP contribution is 1.97. The normalized spacial score (nSPS) is 11.9. The number of hydrogen-bond donors (Lipinski definition) is 1. The van der Waals surface area contributed by atoms with Crippen LogP contribution in [-0.2, 0) is 4.74 Å². The molecule has 0 saturated heterocycles. The average Bonchev–Trinajstić information content (AvgIpc) is 2.16. The third-order valence-corrected chi connectivity index (χ3v) is 1.87. The highest BCUT2D eigenvalue weighted by atomic mass is 16.5. The number of hydrogen-bond acceptors (Lipinski definition) is 2. The van der Waals surface area contributed by atoms with E-state index in [1.807, 2.05) is 14.0 Å². The zero-order chi connectivity index (χ0) is 9.94. The second-order valence-corrected chi connectivity index (χ2v) is 3.03. The highest BCUT2D eigenvalue weighted by molar-refractivity contribution is 4.95. The lowest BCUT2D eigenvalue weighted by molar-refractivity contribution is 0.112. The maximum Gasteiger partial charge on any atom is 0.0619 e. The summed E-state index contributed by atoms with van der Waals surface area (Å²) in [6, 6.07) is 0.451. The first kappa shape index (κ1) is 12.5. The van der Waals surface area contributed by atoms with E-state index < -0.39 is 0 Å². The van der Waals surface area contributed by atoms with E-state index in [1.54, 1.807) is 0 Å². The topological polar surface area (TPSA) is 21.3 Å². The summed E-state index contributed by atoms with van der Waals surface area (Å²) in [6.07, 6.45) is 3.11. The molecule has 0 aromatic heterocycles. The fourth-order valence-electron chi connectivity index (χ4n) is 1.05. The summed E-state index contributed by atoms with van der Waals surface area (Å²) < 4.78 is 5.46. The third-order valence-electron chi connectivity index (χ3n) is 1.87. The van der Waals surface area contributed by atoms with Crippen LogP contribution >= 0.6 is 0 Å². The van der Waals surface area contributed by atoms with Crippen molar-refractivity contribution in [3.63, 3.8) is 0 Å². The molecule has 1 atom stereocenters. The smallest absolute Gasteiger partial charge is 0.0619 e. The van der Waals surface area contributed by atoms with Gasteiger partial charge in [-0.25, -0.2) is 0 Å². The first-order valence-corrected chi connectivity index (χ1v) is 4.99. The fourth-order valence-corrected chi connectivity index (χ4v) is 1.05. The van der Waals surface area contributed by atoms with E-state index in [1.165, 1.54) is 0 Å². The first-order chi connectivity index (χ1) is 6.35. The summed E-state index contributed by atoms with van der Waals surface area (Å²) in [5.74, 6) is 5.95. The fraction of sp³-hybridized carbons (Fsp3) is 0.818. The van der Waals surface area contributed by atoms with Crippen LogP contribution in [0.4, 0.5) is 0 Å². The molecule has 0 amide bonds. The van der Waals surface area contributed by atoms with Crippen LogP contribution in [0.3, 0.4) is 0 Å². The Labute approximate surface area is 82.1 Å². The summed E-state index contributed by atoms with van der Waals surface area (Å²) in [5, 5.41) is 3.23. The molecule has 2 nitrogen and oxygen atoms in total. The van der Waals surface area contributed by atoms with Crippen molar-refractivity contribution in [2.24, 2.45) is 0 Å². The largest absolute Gasteiger partial charge is 0.380 e. The van der Waals surface area contributed by atoms with Crippen LogP contribution in [0.1, 0.15) is 33.1 Å². The maximum atomic E-state index is 5.46. The van der Waals surface area contributed by atoms with Crippen LogP contribution in [0, 0.1) is 11.8 Å². The van der Waals surface area contributed by atoms with Crippen molar-refractivity contribution in [2.45, 2.75) is 39.2 Å². The van der Waals surface area contributed by atoms with E-state index in [2.05, 4.69) is 24.1 Å². The van der Waals surface area contributed by atoms with Crippen LogP contribution in [0.2, 0.25) is 0 Å². The van der Waals surface area contributed by atoms with Crippen molar-refractivity contribution in [1.82, 2.24) is 5.32 Å². The van der Waals surface area contributed by atoms with Crippen LogP contribution in [0.5, 0.6) is 0 Å². The summed E-state index contributed by atoms with van der Waals surface area (Å²) >= 11 is 0. The first-order valence-electron chi connectivity index (χ1n) is 4.99. The van der Waals surface area contributed by atoms with Gasteiger partial charge in [0.05, 0.1) is 6.61 Å². The van der Waals surface area contributed by atoms with Gasteiger partial charge in [-0.1, -0.05) is 6.92 Å². The number of likely N-dealkylation sites (N-methyl/N-ethyl adjacent to an activating group) is 1. The van der Waals surface area contributed by atoms with Gasteiger partial charge in [0.15, 0.2) is 0 Å². The predicted octanol–water partition coefficient (Wildman–Crippen LogP) is 1.80. The van der Waals surface area contributed by atoms with Crippen LogP contribution in [0.25, 0.3) is 0 Å². The molecule has 13 heavy (non-hydrogen) atoms. The Morgan fingerprint density at radius 3 is 2.77 bits per heavy atom. The van der Waals surface area contributed by atoms with Crippen LogP contribution in [0.15, 0.2) is 0 Å². The van der Waals surface area contributed by atoms with Crippen molar-refractivity contribution in [2.75, 3.05) is 20.3 Å². The van der Waals surface area contributed by atoms with E-state index in [4.69, 9.17) is 4.74 Å². The minimum atomic E-state index is 0.451. The van der Waals surface area contributed by atoms with E-state index in [0.717, 1.165) is 32.5 Å². The van der Waals surface area contributed by atoms with Crippen molar-refractivity contribution in [3.05, 3.63) is 0 Å². The summed E-state index contributed by atoms with van der Waals surface area (Å²) in [7, 11) is 1.97. The van der Waals surface area contributed by atoms with Gasteiger partial charge in [-0.3, -0.25) is 0 Å². The van der Waals surface area contributed by atoms with Gasteiger partial charge < -0.3 is 10.1 Å². The predicted molar refractivity (Wildman–Crippen MR) is 56.6 cm³/mol. The lowest BCUT2D eigenvalue weighted by atomic mass is 10.2. The van der Waals surface area contributed by atoms with Gasteiger partial charge in [-0.15, -0.1) is 11.8 Å². The molecule has 0 fully saturated rings.